The molecular formula is C21H26N2O5. The Kier molecular flexibility index (Phi) is 6.98. The summed E-state index contributed by atoms with van der Waals surface area (Å²) in [5.74, 6) is -1.53. The van der Waals surface area contributed by atoms with Gasteiger partial charge in [-0.05, 0) is 52.3 Å². The van der Waals surface area contributed by atoms with Crippen molar-refractivity contribution in [3.05, 3.63) is 52.8 Å². The first-order chi connectivity index (χ1) is 13.3. The number of nitrogens with zero attached hydrogens (tertiary/aromatic N) is 1. The molecule has 1 aromatic carbocycles. The van der Waals surface area contributed by atoms with Gasteiger partial charge in [-0.2, -0.15) is 0 Å². The van der Waals surface area contributed by atoms with Gasteiger partial charge in [0.1, 0.15) is 5.69 Å². The molecule has 1 amide bonds. The number of hydrogen-bond acceptors (Lipinski definition) is 5. The molecule has 0 fully saturated rings. The average Bonchev–Trinajstić information content (AvgIpc) is 2.95. The Bertz CT molecular complexity index is 855. The van der Waals surface area contributed by atoms with Crippen molar-refractivity contribution >= 4 is 23.5 Å². The van der Waals surface area contributed by atoms with Crippen molar-refractivity contribution in [2.75, 3.05) is 18.1 Å². The lowest BCUT2D eigenvalue weighted by Crippen LogP contribution is -2.34. The lowest BCUT2D eigenvalue weighted by molar-refractivity contribution is -0.121. The van der Waals surface area contributed by atoms with Crippen molar-refractivity contribution in [2.24, 2.45) is 0 Å². The summed E-state index contributed by atoms with van der Waals surface area (Å²) < 4.78 is 10.4. The van der Waals surface area contributed by atoms with Crippen LogP contribution in [0.4, 0.5) is 5.69 Å². The number of rotatable bonds is 7. The Morgan fingerprint density at radius 2 is 1.71 bits per heavy atom. The van der Waals surface area contributed by atoms with Crippen LogP contribution in [0, 0.1) is 13.8 Å². The summed E-state index contributed by atoms with van der Waals surface area (Å²) in [6.45, 7) is 8.72. The fraction of sp³-hybridized carbons (Fsp3) is 0.381. The van der Waals surface area contributed by atoms with Crippen LogP contribution in [0.1, 0.15) is 52.9 Å². The molecule has 0 saturated heterocycles. The van der Waals surface area contributed by atoms with E-state index in [1.165, 1.54) is 4.90 Å². The summed E-state index contributed by atoms with van der Waals surface area (Å²) in [5, 5.41) is 0. The predicted molar refractivity (Wildman–Crippen MR) is 106 cm³/mol. The number of benzene rings is 1. The monoisotopic (exact) mass is 386 g/mol. The molecule has 1 N–H and O–H groups in total. The maximum Gasteiger partial charge on any atom is 0.355 e. The van der Waals surface area contributed by atoms with Crippen LogP contribution in [-0.4, -0.2) is 42.1 Å². The van der Waals surface area contributed by atoms with Crippen LogP contribution in [0.5, 0.6) is 0 Å². The molecule has 0 unspecified atom stereocenters. The van der Waals surface area contributed by atoms with E-state index >= 15 is 0 Å². The van der Waals surface area contributed by atoms with Gasteiger partial charge in [-0.15, -0.1) is 0 Å². The van der Waals surface area contributed by atoms with Gasteiger partial charge in [0, 0.05) is 17.9 Å². The molecule has 1 heterocycles. The summed E-state index contributed by atoms with van der Waals surface area (Å²) in [6, 6.07) is 9.16. The summed E-state index contributed by atoms with van der Waals surface area (Å²) >= 11 is 0. The lowest BCUT2D eigenvalue weighted by atomic mass is 10.1. The van der Waals surface area contributed by atoms with Crippen molar-refractivity contribution in [3.63, 3.8) is 0 Å². The zero-order valence-electron chi connectivity index (χ0n) is 16.9. The Morgan fingerprint density at radius 1 is 1.07 bits per heavy atom. The van der Waals surface area contributed by atoms with Crippen molar-refractivity contribution in [2.45, 2.75) is 40.7 Å². The average molecular weight is 386 g/mol. The number of aryl methyl sites for hydroxylation is 1. The number of ether oxygens (including phenoxy) is 2. The largest absolute Gasteiger partial charge is 0.459 e. The molecule has 0 spiro atoms. The smallest absolute Gasteiger partial charge is 0.355 e. The zero-order chi connectivity index (χ0) is 20.8. The highest BCUT2D eigenvalue weighted by molar-refractivity contribution is 6.00. The van der Waals surface area contributed by atoms with Gasteiger partial charge >= 0.3 is 11.9 Å². The highest BCUT2D eigenvalue weighted by atomic mass is 16.5. The number of anilines is 1. The fourth-order valence-electron chi connectivity index (χ4n) is 2.92. The molecule has 1 aromatic heterocycles. The molecule has 28 heavy (non-hydrogen) atoms. The molecule has 0 aliphatic rings. The van der Waals surface area contributed by atoms with Gasteiger partial charge in [0.15, 0.2) is 6.61 Å². The zero-order valence-corrected chi connectivity index (χ0v) is 16.9. The highest BCUT2D eigenvalue weighted by Gasteiger charge is 2.25. The third-order valence-electron chi connectivity index (χ3n) is 4.20. The Balaban J connectivity index is 2.09. The number of hydrogen-bond donors (Lipinski definition) is 1. The number of amides is 1. The summed E-state index contributed by atoms with van der Waals surface area (Å²) in [5.41, 5.74) is 2.14. The van der Waals surface area contributed by atoms with E-state index < -0.39 is 18.5 Å². The van der Waals surface area contributed by atoms with E-state index in [0.717, 1.165) is 5.69 Å². The molecule has 0 aliphatic heterocycles. The van der Waals surface area contributed by atoms with Gasteiger partial charge in [0.25, 0.3) is 5.91 Å². The number of esters is 2. The van der Waals surface area contributed by atoms with Crippen LogP contribution < -0.4 is 4.90 Å². The van der Waals surface area contributed by atoms with Gasteiger partial charge in [-0.1, -0.05) is 18.2 Å². The molecule has 7 nitrogen and oxygen atoms in total. The molecule has 0 radical (unpaired) electrons. The van der Waals surface area contributed by atoms with E-state index in [9.17, 15) is 14.4 Å². The molecular weight excluding hydrogens is 360 g/mol. The van der Waals surface area contributed by atoms with Crippen LogP contribution in [-0.2, 0) is 14.3 Å². The lowest BCUT2D eigenvalue weighted by Gasteiger charge is -2.20. The van der Waals surface area contributed by atoms with Crippen molar-refractivity contribution < 1.29 is 23.9 Å². The molecule has 0 saturated carbocycles. The molecule has 2 aromatic rings. The Labute approximate surface area is 164 Å². The van der Waals surface area contributed by atoms with Crippen LogP contribution in [0.15, 0.2) is 30.3 Å². The summed E-state index contributed by atoms with van der Waals surface area (Å²) in [7, 11) is 0. The standard InChI is InChI=1S/C21H26N2O5/c1-6-23(16-10-8-7-9-11-16)17(24)12-27-21(26)19-14(4)18(15(5)22-19)20(25)28-13(2)3/h7-11,13,22H,6,12H2,1-5H3. The summed E-state index contributed by atoms with van der Waals surface area (Å²) in [6.07, 6.45) is -0.271. The number of H-pyrrole nitrogens is 1. The quantitative estimate of drug-likeness (QED) is 0.737. The van der Waals surface area contributed by atoms with Gasteiger partial charge < -0.3 is 19.4 Å². The number of carbonyl (C=O) groups is 3. The molecule has 0 aliphatic carbocycles. The number of nitrogens with one attached hydrogen (secondary N) is 1. The van der Waals surface area contributed by atoms with Gasteiger partial charge in [0.05, 0.1) is 11.7 Å². The second-order valence-corrected chi connectivity index (χ2v) is 6.63. The van der Waals surface area contributed by atoms with Gasteiger partial charge in [-0.25, -0.2) is 9.59 Å². The van der Waals surface area contributed by atoms with Crippen LogP contribution in [0.25, 0.3) is 0 Å². The van der Waals surface area contributed by atoms with Gasteiger partial charge in [-0.3, -0.25) is 4.79 Å². The third-order valence-corrected chi connectivity index (χ3v) is 4.20. The van der Waals surface area contributed by atoms with Crippen LogP contribution in [0.3, 0.4) is 0 Å². The number of aromatic nitrogens is 1. The van der Waals surface area contributed by atoms with E-state index in [1.807, 2.05) is 37.3 Å². The first kappa shape index (κ1) is 21.2. The topological polar surface area (TPSA) is 88.7 Å². The number of carbonyl (C=O) groups excluding carboxylic acids is 3. The van der Waals surface area contributed by atoms with Crippen molar-refractivity contribution in [3.8, 4) is 0 Å². The number of aromatic amines is 1. The molecule has 2 rings (SSSR count). The number of para-hydroxylation sites is 1. The van der Waals surface area contributed by atoms with Crippen molar-refractivity contribution in [1.29, 1.82) is 0 Å². The van der Waals surface area contributed by atoms with Crippen LogP contribution in [0.2, 0.25) is 0 Å². The maximum absolute atomic E-state index is 12.5. The van der Waals surface area contributed by atoms with E-state index in [1.54, 1.807) is 27.7 Å². The highest BCUT2D eigenvalue weighted by Crippen LogP contribution is 2.20. The van der Waals surface area contributed by atoms with E-state index in [0.29, 0.717) is 23.4 Å². The normalized spacial score (nSPS) is 10.6. The predicted octanol–water partition coefficient (Wildman–Crippen LogP) is 3.41. The minimum absolute atomic E-state index is 0.142. The second kappa shape index (κ2) is 9.21. The minimum atomic E-state index is -0.693. The van der Waals surface area contributed by atoms with Crippen molar-refractivity contribution in [1.82, 2.24) is 4.98 Å². The second-order valence-electron chi connectivity index (χ2n) is 6.63. The third kappa shape index (κ3) is 4.79. The minimum Gasteiger partial charge on any atom is -0.459 e. The maximum atomic E-state index is 12.5. The van der Waals surface area contributed by atoms with Gasteiger partial charge in [0.2, 0.25) is 0 Å². The molecule has 7 heteroatoms. The van der Waals surface area contributed by atoms with E-state index in [4.69, 9.17) is 9.47 Å². The first-order valence-electron chi connectivity index (χ1n) is 9.18. The van der Waals surface area contributed by atoms with E-state index in [-0.39, 0.29) is 17.7 Å². The van der Waals surface area contributed by atoms with E-state index in [2.05, 4.69) is 4.98 Å². The number of likely N-dealkylation sites (N-methyl/N-ethyl adjacent to an activating group) is 1. The fourth-order valence-corrected chi connectivity index (χ4v) is 2.92. The molecule has 0 bridgehead atoms. The molecule has 150 valence electrons. The Hall–Kier alpha value is -3.09. The summed E-state index contributed by atoms with van der Waals surface area (Å²) in [4.78, 5) is 41.5. The first-order valence-corrected chi connectivity index (χ1v) is 9.18. The van der Waals surface area contributed by atoms with Crippen LogP contribution >= 0.6 is 0 Å². The Morgan fingerprint density at radius 3 is 2.29 bits per heavy atom. The molecule has 0 atom stereocenters. The SMILES string of the molecule is CCN(C(=O)COC(=O)c1[nH]c(C)c(C(=O)OC(C)C)c1C)c1ccccc1.